The van der Waals surface area contributed by atoms with Crippen molar-refractivity contribution in [3.63, 3.8) is 0 Å². The summed E-state index contributed by atoms with van der Waals surface area (Å²) in [6.45, 7) is 2.81. The first-order valence-corrected chi connectivity index (χ1v) is 7.22. The van der Waals surface area contributed by atoms with Crippen molar-refractivity contribution < 1.29 is 9.53 Å². The molecular weight excluding hydrogens is 288 g/mol. The van der Waals surface area contributed by atoms with E-state index in [0.29, 0.717) is 23.0 Å². The molecule has 0 aliphatic rings. The molecule has 2 rings (SSSR count). The van der Waals surface area contributed by atoms with Gasteiger partial charge in [-0.2, -0.15) is 0 Å². The minimum Gasteiger partial charge on any atom is -0.494 e. The second-order valence-electron chi connectivity index (χ2n) is 4.55. The van der Waals surface area contributed by atoms with E-state index in [-0.39, 0.29) is 5.91 Å². The lowest BCUT2D eigenvalue weighted by atomic mass is 10.2. The van der Waals surface area contributed by atoms with Crippen LogP contribution in [0, 0.1) is 0 Å². The minimum atomic E-state index is -0.195. The molecule has 0 spiro atoms. The molecule has 0 unspecified atom stereocenters. The highest BCUT2D eigenvalue weighted by Gasteiger charge is 2.06. The molecule has 0 atom stereocenters. The third kappa shape index (κ3) is 4.76. The van der Waals surface area contributed by atoms with Crippen LogP contribution in [-0.2, 0) is 0 Å². The van der Waals surface area contributed by atoms with Gasteiger partial charge in [-0.15, -0.1) is 0 Å². The second kappa shape index (κ2) is 7.64. The molecule has 0 fully saturated rings. The van der Waals surface area contributed by atoms with Gasteiger partial charge in [0.1, 0.15) is 10.9 Å². The Morgan fingerprint density at radius 2 is 2.00 bits per heavy atom. The first-order chi connectivity index (χ1) is 10.2. The number of nitrogens with zero attached hydrogens (tertiary/aromatic N) is 1. The summed E-state index contributed by atoms with van der Waals surface area (Å²) in [6.07, 6.45) is 3.63. The predicted octanol–water partition coefficient (Wildman–Crippen LogP) is 4.17. The maximum atomic E-state index is 12.1. The van der Waals surface area contributed by atoms with Gasteiger partial charge < -0.3 is 10.1 Å². The Morgan fingerprint density at radius 3 is 2.62 bits per heavy atom. The van der Waals surface area contributed by atoms with E-state index in [2.05, 4.69) is 17.2 Å². The van der Waals surface area contributed by atoms with Crippen LogP contribution in [0.5, 0.6) is 5.75 Å². The summed E-state index contributed by atoms with van der Waals surface area (Å²) in [5.74, 6) is 0.576. The number of hydrogen-bond acceptors (Lipinski definition) is 3. The third-order valence-electron chi connectivity index (χ3n) is 2.87. The Bertz CT molecular complexity index is 582. The Kier molecular flexibility index (Phi) is 5.58. The molecule has 0 aliphatic carbocycles. The van der Waals surface area contributed by atoms with Crippen molar-refractivity contribution in [3.05, 3.63) is 53.3 Å². The molecule has 21 heavy (non-hydrogen) atoms. The number of ether oxygens (including phenoxy) is 1. The number of carbonyl (C=O) groups excluding carboxylic acids is 1. The van der Waals surface area contributed by atoms with E-state index in [1.807, 2.05) is 0 Å². The molecule has 1 N–H and O–H groups in total. The van der Waals surface area contributed by atoms with E-state index in [9.17, 15) is 4.79 Å². The normalized spacial score (nSPS) is 10.2. The van der Waals surface area contributed by atoms with Crippen LogP contribution in [0.2, 0.25) is 5.15 Å². The largest absolute Gasteiger partial charge is 0.494 e. The maximum Gasteiger partial charge on any atom is 0.255 e. The second-order valence-corrected chi connectivity index (χ2v) is 4.94. The molecule has 1 amide bonds. The molecule has 1 aromatic carbocycles. The summed E-state index contributed by atoms with van der Waals surface area (Å²) in [5.41, 5.74) is 1.17. The summed E-state index contributed by atoms with van der Waals surface area (Å²) in [7, 11) is 0. The van der Waals surface area contributed by atoms with Gasteiger partial charge >= 0.3 is 0 Å². The van der Waals surface area contributed by atoms with Gasteiger partial charge in [0.25, 0.3) is 5.91 Å². The fourth-order valence-electron chi connectivity index (χ4n) is 1.69. The maximum absolute atomic E-state index is 12.1. The first kappa shape index (κ1) is 15.3. The quantitative estimate of drug-likeness (QED) is 0.644. The molecule has 110 valence electrons. The topological polar surface area (TPSA) is 51.2 Å². The average molecular weight is 305 g/mol. The van der Waals surface area contributed by atoms with Gasteiger partial charge in [0.2, 0.25) is 0 Å². The fourth-order valence-corrected chi connectivity index (χ4v) is 1.80. The Morgan fingerprint density at radius 1 is 1.24 bits per heavy atom. The van der Waals surface area contributed by atoms with Gasteiger partial charge in [0.15, 0.2) is 0 Å². The smallest absolute Gasteiger partial charge is 0.255 e. The fraction of sp³-hybridized carbons (Fsp3) is 0.250. The van der Waals surface area contributed by atoms with E-state index in [1.165, 1.54) is 6.20 Å². The Labute approximate surface area is 129 Å². The van der Waals surface area contributed by atoms with Gasteiger partial charge in [-0.05, 0) is 42.8 Å². The summed E-state index contributed by atoms with van der Waals surface area (Å²) in [6, 6.07) is 10.4. The number of unbranched alkanes of at least 4 members (excludes halogenated alkanes) is 1. The third-order valence-corrected chi connectivity index (χ3v) is 3.09. The van der Waals surface area contributed by atoms with Gasteiger partial charge in [0.05, 0.1) is 18.5 Å². The lowest BCUT2D eigenvalue weighted by molar-refractivity contribution is 0.102. The van der Waals surface area contributed by atoms with Crippen molar-refractivity contribution in [2.45, 2.75) is 19.8 Å². The number of benzene rings is 1. The standard InChI is InChI=1S/C16H17ClN2O2/c1-2-3-10-21-14-7-4-12(5-8-14)16(20)19-13-6-9-15(17)18-11-13/h4-9,11H,2-3,10H2,1H3,(H,19,20). The highest BCUT2D eigenvalue weighted by Crippen LogP contribution is 2.15. The number of amides is 1. The van der Waals surface area contributed by atoms with Crippen molar-refractivity contribution in [1.82, 2.24) is 4.98 Å². The summed E-state index contributed by atoms with van der Waals surface area (Å²) in [4.78, 5) is 16.0. The van der Waals surface area contributed by atoms with Gasteiger partial charge in [-0.3, -0.25) is 4.79 Å². The van der Waals surface area contributed by atoms with E-state index < -0.39 is 0 Å². The van der Waals surface area contributed by atoms with Crippen molar-refractivity contribution in [2.24, 2.45) is 0 Å². The molecule has 0 bridgehead atoms. The number of halogens is 1. The van der Waals surface area contributed by atoms with E-state index in [1.54, 1.807) is 36.4 Å². The Hall–Kier alpha value is -2.07. The molecule has 4 nitrogen and oxygen atoms in total. The van der Waals surface area contributed by atoms with Crippen LogP contribution in [0.15, 0.2) is 42.6 Å². The lowest BCUT2D eigenvalue weighted by Gasteiger charge is -2.07. The predicted molar refractivity (Wildman–Crippen MR) is 84.0 cm³/mol. The van der Waals surface area contributed by atoms with Crippen molar-refractivity contribution in [3.8, 4) is 5.75 Å². The number of rotatable bonds is 6. The molecule has 5 heteroatoms. The highest BCUT2D eigenvalue weighted by molar-refractivity contribution is 6.29. The average Bonchev–Trinajstić information content (AvgIpc) is 2.50. The van der Waals surface area contributed by atoms with E-state index in [0.717, 1.165) is 18.6 Å². The van der Waals surface area contributed by atoms with Gasteiger partial charge in [-0.1, -0.05) is 24.9 Å². The van der Waals surface area contributed by atoms with Gasteiger partial charge in [-0.25, -0.2) is 4.98 Å². The summed E-state index contributed by atoms with van der Waals surface area (Å²) >= 11 is 5.70. The molecular formula is C16H17ClN2O2. The van der Waals surface area contributed by atoms with Crippen LogP contribution in [0.25, 0.3) is 0 Å². The molecule has 0 saturated heterocycles. The van der Waals surface area contributed by atoms with Crippen LogP contribution in [0.1, 0.15) is 30.1 Å². The monoisotopic (exact) mass is 304 g/mol. The van der Waals surface area contributed by atoms with Crippen LogP contribution in [-0.4, -0.2) is 17.5 Å². The first-order valence-electron chi connectivity index (χ1n) is 6.85. The zero-order valence-electron chi connectivity index (χ0n) is 11.8. The van der Waals surface area contributed by atoms with Crippen LogP contribution >= 0.6 is 11.6 Å². The summed E-state index contributed by atoms with van der Waals surface area (Å²) < 4.78 is 5.56. The molecule has 2 aromatic rings. The number of anilines is 1. The zero-order valence-corrected chi connectivity index (χ0v) is 12.6. The number of pyridine rings is 1. The number of carbonyl (C=O) groups is 1. The number of hydrogen-bond donors (Lipinski definition) is 1. The lowest BCUT2D eigenvalue weighted by Crippen LogP contribution is -2.11. The minimum absolute atomic E-state index is 0.195. The van der Waals surface area contributed by atoms with E-state index in [4.69, 9.17) is 16.3 Å². The van der Waals surface area contributed by atoms with Crippen molar-refractivity contribution in [2.75, 3.05) is 11.9 Å². The SMILES string of the molecule is CCCCOc1ccc(C(=O)Nc2ccc(Cl)nc2)cc1. The Balaban J connectivity index is 1.94. The van der Waals surface area contributed by atoms with E-state index >= 15 is 0 Å². The summed E-state index contributed by atoms with van der Waals surface area (Å²) in [5, 5.41) is 3.15. The molecule has 1 aromatic heterocycles. The number of nitrogens with one attached hydrogen (secondary N) is 1. The highest BCUT2D eigenvalue weighted by atomic mass is 35.5. The van der Waals surface area contributed by atoms with Crippen LogP contribution in [0.3, 0.4) is 0 Å². The molecule has 0 saturated carbocycles. The molecule has 0 aliphatic heterocycles. The van der Waals surface area contributed by atoms with Crippen LogP contribution in [0.4, 0.5) is 5.69 Å². The number of aromatic nitrogens is 1. The van der Waals surface area contributed by atoms with Crippen molar-refractivity contribution in [1.29, 1.82) is 0 Å². The van der Waals surface area contributed by atoms with Crippen LogP contribution < -0.4 is 10.1 Å². The van der Waals surface area contributed by atoms with Crippen molar-refractivity contribution >= 4 is 23.2 Å². The molecule has 1 heterocycles. The van der Waals surface area contributed by atoms with Gasteiger partial charge in [0, 0.05) is 5.56 Å². The zero-order chi connectivity index (χ0) is 15.1. The molecule has 0 radical (unpaired) electrons.